The van der Waals surface area contributed by atoms with Crippen molar-refractivity contribution in [1.29, 1.82) is 0 Å². The van der Waals surface area contributed by atoms with Gasteiger partial charge in [-0.3, -0.25) is 14.4 Å². The minimum atomic E-state index is -0.354. The first-order valence-corrected chi connectivity index (χ1v) is 25.7. The number of amides is 3. The summed E-state index contributed by atoms with van der Waals surface area (Å²) in [5, 5.41) is 10.6. The normalized spacial score (nSPS) is 13.1. The zero-order chi connectivity index (χ0) is 51.7. The number of benzene rings is 3. The molecule has 0 saturated carbocycles. The van der Waals surface area contributed by atoms with E-state index < -0.39 is 0 Å². The Kier molecular flexibility index (Phi) is 18.2. The maximum absolute atomic E-state index is 16.2. The summed E-state index contributed by atoms with van der Waals surface area (Å²) in [5.74, 6) is -1.09. The van der Waals surface area contributed by atoms with Crippen molar-refractivity contribution in [3.8, 4) is 0 Å². The van der Waals surface area contributed by atoms with Crippen LogP contribution in [0.25, 0.3) is 24.3 Å². The fourth-order valence-electron chi connectivity index (χ4n) is 10.8. The van der Waals surface area contributed by atoms with Crippen molar-refractivity contribution in [2.75, 3.05) is 16.0 Å². The van der Waals surface area contributed by atoms with Gasteiger partial charge in [-0.05, 0) is 170 Å². The highest BCUT2D eigenvalue weighted by molar-refractivity contribution is 6.22. The number of hydrogen-bond donors (Lipinski definition) is 3. The summed E-state index contributed by atoms with van der Waals surface area (Å²) < 4.78 is 0. The molecule has 1 aliphatic rings. The maximum atomic E-state index is 16.2. The highest BCUT2D eigenvalue weighted by Crippen LogP contribution is 2.49. The lowest BCUT2D eigenvalue weighted by Crippen LogP contribution is -2.31. The van der Waals surface area contributed by atoms with Crippen LogP contribution in [0.1, 0.15) is 305 Å². The van der Waals surface area contributed by atoms with Crippen molar-refractivity contribution in [3.05, 3.63) is 106 Å². The Balaban J connectivity index is 2.67. The Labute approximate surface area is 413 Å². The summed E-state index contributed by atoms with van der Waals surface area (Å²) in [4.78, 5) is 48.7. The molecule has 6 heteroatoms. The van der Waals surface area contributed by atoms with Gasteiger partial charge in [-0.1, -0.05) is 157 Å². The molecule has 0 radical (unpaired) electrons. The standard InChI is InChI=1S/C62H89N3O3/c1-30(2)25-42-47(35(11)12)45(28-33(7)8)57-54(50(42)38(17)18)60(66)63-58-46(29-34(9)10)48(36(13)14)43(26-31(3)4)51(39(19)20)55(58)61(67)65-59-53(41(23)24)49(37(15)16)44(27-32(5)6)52(40(21)22)56(59)62(68)64-57/h25-28,34-41H,29H2,1-24H3,(H,63,66)(H,64,68)(H,65,67). The van der Waals surface area contributed by atoms with Crippen LogP contribution in [-0.2, 0) is 6.42 Å². The Hall–Kier alpha value is -4.97. The third-order valence-electron chi connectivity index (χ3n) is 12.8. The van der Waals surface area contributed by atoms with Gasteiger partial charge in [0, 0.05) is 5.56 Å². The lowest BCUT2D eigenvalue weighted by Gasteiger charge is -2.34. The number of allylic oxidation sites excluding steroid dienone is 4. The second-order valence-electron chi connectivity index (χ2n) is 23.2. The van der Waals surface area contributed by atoms with Gasteiger partial charge in [-0.25, -0.2) is 0 Å². The number of rotatable bonds is 13. The summed E-state index contributed by atoms with van der Waals surface area (Å²) in [6.45, 7) is 51.6. The molecule has 3 N–H and O–H groups in total. The summed E-state index contributed by atoms with van der Waals surface area (Å²) in [6, 6.07) is 0. The van der Waals surface area contributed by atoms with Gasteiger partial charge in [0.25, 0.3) is 17.7 Å². The maximum Gasteiger partial charge on any atom is 0.258 e. The predicted octanol–water partition coefficient (Wildman–Crippen LogP) is 18.5. The van der Waals surface area contributed by atoms with Crippen molar-refractivity contribution < 1.29 is 14.4 Å². The van der Waals surface area contributed by atoms with Gasteiger partial charge < -0.3 is 16.0 Å². The van der Waals surface area contributed by atoms with Crippen LogP contribution < -0.4 is 16.0 Å². The van der Waals surface area contributed by atoms with Crippen molar-refractivity contribution in [2.24, 2.45) is 5.92 Å². The van der Waals surface area contributed by atoms with Crippen LogP contribution in [0.15, 0.2) is 22.3 Å². The minimum Gasteiger partial charge on any atom is -0.321 e. The third kappa shape index (κ3) is 11.4. The van der Waals surface area contributed by atoms with Crippen LogP contribution in [0.3, 0.4) is 0 Å². The van der Waals surface area contributed by atoms with Crippen molar-refractivity contribution in [3.63, 3.8) is 0 Å². The van der Waals surface area contributed by atoms with E-state index in [0.717, 1.165) is 89.1 Å². The Morgan fingerprint density at radius 1 is 0.338 bits per heavy atom. The minimum absolute atomic E-state index is 0.0348. The fraction of sp³-hybridized carbons (Fsp3) is 0.532. The van der Waals surface area contributed by atoms with Gasteiger partial charge in [0.15, 0.2) is 0 Å². The quantitative estimate of drug-likeness (QED) is 0.160. The molecule has 0 fully saturated rings. The van der Waals surface area contributed by atoms with Gasteiger partial charge in [0.1, 0.15) is 0 Å². The van der Waals surface area contributed by atoms with Crippen LogP contribution in [0.5, 0.6) is 0 Å². The second kappa shape index (κ2) is 22.2. The van der Waals surface area contributed by atoms with E-state index in [1.165, 1.54) is 0 Å². The molecule has 3 aromatic rings. The topological polar surface area (TPSA) is 87.3 Å². The van der Waals surface area contributed by atoms with Crippen molar-refractivity contribution in [2.45, 2.75) is 214 Å². The van der Waals surface area contributed by atoms with E-state index in [0.29, 0.717) is 40.2 Å². The van der Waals surface area contributed by atoms with E-state index in [1.807, 2.05) is 0 Å². The van der Waals surface area contributed by atoms with Crippen LogP contribution in [0, 0.1) is 5.92 Å². The first-order valence-electron chi connectivity index (χ1n) is 25.7. The van der Waals surface area contributed by atoms with Crippen LogP contribution in [0.4, 0.5) is 17.1 Å². The number of nitrogens with one attached hydrogen (secondary N) is 3. The molecular formula is C62H89N3O3. The molecule has 3 amide bonds. The lowest BCUT2D eigenvalue weighted by molar-refractivity contribution is 0.102. The fourth-order valence-corrected chi connectivity index (χ4v) is 10.8. The summed E-state index contributed by atoms with van der Waals surface area (Å²) in [7, 11) is 0. The summed E-state index contributed by atoms with van der Waals surface area (Å²) >= 11 is 0. The average molecular weight is 924 g/mol. The molecule has 0 saturated heterocycles. The molecule has 68 heavy (non-hydrogen) atoms. The van der Waals surface area contributed by atoms with E-state index in [4.69, 9.17) is 0 Å². The number of carbonyl (C=O) groups excluding carboxylic acids is 3. The number of carbonyl (C=O) groups is 3. The van der Waals surface area contributed by atoms with Gasteiger partial charge in [-0.15, -0.1) is 0 Å². The molecule has 0 aromatic heterocycles. The molecule has 1 aliphatic heterocycles. The zero-order valence-corrected chi connectivity index (χ0v) is 46.9. The molecule has 0 spiro atoms. The average Bonchev–Trinajstić information content (AvgIpc) is 3.16. The van der Waals surface area contributed by atoms with E-state index in [9.17, 15) is 0 Å². The number of hydrogen-bond acceptors (Lipinski definition) is 3. The third-order valence-corrected chi connectivity index (χ3v) is 12.8. The zero-order valence-electron chi connectivity index (χ0n) is 46.9. The smallest absolute Gasteiger partial charge is 0.258 e. The molecule has 0 aliphatic carbocycles. The van der Waals surface area contributed by atoms with Crippen LogP contribution >= 0.6 is 0 Å². The number of anilines is 3. The van der Waals surface area contributed by atoms with E-state index in [-0.39, 0.29) is 65.1 Å². The molecule has 1 heterocycles. The predicted molar refractivity (Wildman–Crippen MR) is 298 cm³/mol. The van der Waals surface area contributed by atoms with Gasteiger partial charge in [0.2, 0.25) is 0 Å². The van der Waals surface area contributed by atoms with Gasteiger partial charge >= 0.3 is 0 Å². The first-order chi connectivity index (χ1) is 31.5. The molecule has 4 rings (SSSR count). The van der Waals surface area contributed by atoms with Crippen LogP contribution in [0.2, 0.25) is 0 Å². The monoisotopic (exact) mass is 924 g/mol. The Bertz CT molecular complexity index is 2580. The molecule has 0 atom stereocenters. The second-order valence-corrected chi connectivity index (χ2v) is 23.2. The van der Waals surface area contributed by atoms with E-state index >= 15 is 14.4 Å². The molecule has 6 nitrogen and oxygen atoms in total. The number of fused-ring (bicyclic) bond motifs is 3. The first kappa shape index (κ1) is 55.6. The van der Waals surface area contributed by atoms with E-state index in [2.05, 4.69) is 206 Å². The molecule has 370 valence electrons. The molecule has 0 unspecified atom stereocenters. The van der Waals surface area contributed by atoms with Gasteiger partial charge in [-0.2, -0.15) is 0 Å². The van der Waals surface area contributed by atoms with E-state index in [1.54, 1.807) is 0 Å². The Morgan fingerprint density at radius 2 is 0.618 bits per heavy atom. The SMILES string of the molecule is CC(C)=Cc1c2c(c(C(C)C)c(C=C(C)C)c1C(C)C)C(=O)Nc1c(CC(C)C)c(C(C)C)c(C=C(C)C)c(C(C)C)c1C(=O)Nc1c(c(C(C)C)c(C=C(C)C)c(C(C)C)c1C(C)C)C(=O)N2. The summed E-state index contributed by atoms with van der Waals surface area (Å²) in [5.41, 5.74) is 19.0. The largest absolute Gasteiger partial charge is 0.321 e. The Morgan fingerprint density at radius 3 is 0.956 bits per heavy atom. The van der Waals surface area contributed by atoms with Crippen LogP contribution in [-0.4, -0.2) is 17.7 Å². The molecular weight excluding hydrogens is 835 g/mol. The van der Waals surface area contributed by atoms with Crippen molar-refractivity contribution in [1.82, 2.24) is 0 Å². The molecule has 3 aromatic carbocycles. The van der Waals surface area contributed by atoms with Gasteiger partial charge in [0.05, 0.1) is 33.8 Å². The summed E-state index contributed by atoms with van der Waals surface area (Å²) in [6.07, 6.45) is 9.45. The lowest BCUT2D eigenvalue weighted by atomic mass is 9.76. The highest BCUT2D eigenvalue weighted by Gasteiger charge is 2.38. The van der Waals surface area contributed by atoms with Crippen molar-refractivity contribution >= 4 is 59.1 Å². The molecule has 0 bridgehead atoms. The highest BCUT2D eigenvalue weighted by atomic mass is 16.2.